The third-order valence-electron chi connectivity index (χ3n) is 1.36. The molecule has 0 unspecified atom stereocenters. The monoisotopic (exact) mass is 168 g/mol. The normalized spacial score (nSPS) is 10.4. The second kappa shape index (κ2) is 3.51. The van der Waals surface area contributed by atoms with Gasteiger partial charge in [0.15, 0.2) is 0 Å². The largest absolute Gasteiger partial charge is 0.411 e. The molecule has 12 heavy (non-hydrogen) atoms. The Kier molecular flexibility index (Phi) is 2.42. The minimum absolute atomic E-state index is 0.489. The first-order chi connectivity index (χ1) is 5.79. The van der Waals surface area contributed by atoms with E-state index in [9.17, 15) is 4.79 Å². The van der Waals surface area contributed by atoms with E-state index in [-0.39, 0.29) is 0 Å². The number of amides is 1. The number of nitrogens with zero attached hydrogens (tertiary/aromatic N) is 3. The molecule has 0 spiro atoms. The predicted octanol–water partition coefficient (Wildman–Crippen LogP) is -0.204. The number of aromatic nitrogens is 2. The molecule has 0 aliphatic rings. The Labute approximate surface area is 68.5 Å². The molecular formula is C6H8N4O2. The highest BCUT2D eigenvalue weighted by Gasteiger charge is 2.04. The number of hydrogen-bond donors (Lipinski definition) is 2. The highest BCUT2D eigenvalue weighted by Crippen LogP contribution is 2.09. The molecule has 1 amide bonds. The van der Waals surface area contributed by atoms with E-state index in [4.69, 9.17) is 5.21 Å². The number of carbonyl (C=O) groups excluding carboxylic acids is 1. The molecule has 0 radical (unpaired) electrons. The zero-order chi connectivity index (χ0) is 8.97. The van der Waals surface area contributed by atoms with Crippen LogP contribution in [-0.2, 0) is 11.8 Å². The zero-order valence-corrected chi connectivity index (χ0v) is 6.43. The Bertz CT molecular complexity index is 304. The first-order valence-electron chi connectivity index (χ1n) is 3.19. The molecule has 6 nitrogen and oxygen atoms in total. The quantitative estimate of drug-likeness (QED) is 0.284. The average Bonchev–Trinajstić information content (AvgIpc) is 2.37. The van der Waals surface area contributed by atoms with Gasteiger partial charge >= 0.3 is 0 Å². The third-order valence-corrected chi connectivity index (χ3v) is 1.36. The van der Waals surface area contributed by atoms with Crippen LogP contribution < -0.4 is 5.32 Å². The van der Waals surface area contributed by atoms with Crippen LogP contribution in [0.5, 0.6) is 0 Å². The molecule has 6 heteroatoms. The Morgan fingerprint density at radius 1 is 1.83 bits per heavy atom. The van der Waals surface area contributed by atoms with Gasteiger partial charge in [-0.15, -0.1) is 0 Å². The van der Waals surface area contributed by atoms with Gasteiger partial charge in [-0.1, -0.05) is 5.16 Å². The van der Waals surface area contributed by atoms with Crippen molar-refractivity contribution in [2.75, 3.05) is 5.32 Å². The minimum atomic E-state index is 0.489. The van der Waals surface area contributed by atoms with Gasteiger partial charge in [-0.25, -0.2) is 0 Å². The van der Waals surface area contributed by atoms with Crippen molar-refractivity contribution in [3.63, 3.8) is 0 Å². The zero-order valence-electron chi connectivity index (χ0n) is 6.43. The van der Waals surface area contributed by atoms with Crippen molar-refractivity contribution >= 4 is 18.4 Å². The molecular weight excluding hydrogens is 160 g/mol. The van der Waals surface area contributed by atoms with Gasteiger partial charge in [0.05, 0.1) is 18.0 Å². The Hall–Kier alpha value is -1.85. The molecule has 0 fully saturated rings. The molecule has 64 valence electrons. The summed E-state index contributed by atoms with van der Waals surface area (Å²) in [6.07, 6.45) is 3.20. The summed E-state index contributed by atoms with van der Waals surface area (Å²) in [4.78, 5) is 10.1. The van der Waals surface area contributed by atoms with Crippen LogP contribution in [-0.4, -0.2) is 27.6 Å². The molecule has 0 bridgehead atoms. The SMILES string of the molecule is Cn1ncc(/C=N/O)c1NC=O. The second-order valence-electron chi connectivity index (χ2n) is 2.08. The van der Waals surface area contributed by atoms with E-state index in [1.54, 1.807) is 7.05 Å². The molecule has 1 aromatic rings. The number of aryl methyl sites for hydroxylation is 1. The van der Waals surface area contributed by atoms with Crippen LogP contribution in [0.25, 0.3) is 0 Å². The smallest absolute Gasteiger partial charge is 0.212 e. The molecule has 2 N–H and O–H groups in total. The van der Waals surface area contributed by atoms with Crippen molar-refractivity contribution in [2.24, 2.45) is 12.2 Å². The highest BCUT2D eigenvalue weighted by molar-refractivity contribution is 5.89. The van der Waals surface area contributed by atoms with Gasteiger partial charge in [0.2, 0.25) is 6.41 Å². The Balaban J connectivity index is 3.02. The van der Waals surface area contributed by atoms with Crippen LogP contribution in [0.2, 0.25) is 0 Å². The van der Waals surface area contributed by atoms with Gasteiger partial charge in [-0.3, -0.25) is 9.48 Å². The van der Waals surface area contributed by atoms with Crippen molar-refractivity contribution in [3.05, 3.63) is 11.8 Å². The summed E-state index contributed by atoms with van der Waals surface area (Å²) in [7, 11) is 1.67. The summed E-state index contributed by atoms with van der Waals surface area (Å²) in [5, 5.41) is 17.3. The fourth-order valence-corrected chi connectivity index (χ4v) is 0.844. The molecule has 0 aromatic carbocycles. The first-order valence-corrected chi connectivity index (χ1v) is 3.19. The molecule has 1 heterocycles. The van der Waals surface area contributed by atoms with Crippen LogP contribution in [0.15, 0.2) is 11.4 Å². The first kappa shape index (κ1) is 8.25. The van der Waals surface area contributed by atoms with Gasteiger partial charge < -0.3 is 10.5 Å². The summed E-state index contributed by atoms with van der Waals surface area (Å²) >= 11 is 0. The molecule has 0 saturated carbocycles. The summed E-state index contributed by atoms with van der Waals surface area (Å²) in [6.45, 7) is 0. The summed E-state index contributed by atoms with van der Waals surface area (Å²) in [5.74, 6) is 0.489. The van der Waals surface area contributed by atoms with Crippen LogP contribution >= 0.6 is 0 Å². The van der Waals surface area contributed by atoms with E-state index >= 15 is 0 Å². The van der Waals surface area contributed by atoms with E-state index in [1.165, 1.54) is 17.1 Å². The lowest BCUT2D eigenvalue weighted by Gasteiger charge is -1.98. The molecule has 0 saturated heterocycles. The van der Waals surface area contributed by atoms with Crippen molar-refractivity contribution in [3.8, 4) is 0 Å². The van der Waals surface area contributed by atoms with Crippen LogP contribution in [0.3, 0.4) is 0 Å². The van der Waals surface area contributed by atoms with Gasteiger partial charge in [-0.2, -0.15) is 5.10 Å². The van der Waals surface area contributed by atoms with E-state index in [0.717, 1.165) is 0 Å². The van der Waals surface area contributed by atoms with Crippen molar-refractivity contribution in [1.29, 1.82) is 0 Å². The fourth-order valence-electron chi connectivity index (χ4n) is 0.844. The van der Waals surface area contributed by atoms with Gasteiger partial charge in [0.1, 0.15) is 5.82 Å². The summed E-state index contributed by atoms with van der Waals surface area (Å²) in [5.41, 5.74) is 0.548. The van der Waals surface area contributed by atoms with Crippen LogP contribution in [0, 0.1) is 0 Å². The lowest BCUT2D eigenvalue weighted by Crippen LogP contribution is -2.03. The molecule has 0 atom stereocenters. The van der Waals surface area contributed by atoms with Crippen molar-refractivity contribution < 1.29 is 10.0 Å². The predicted molar refractivity (Wildman–Crippen MR) is 42.3 cm³/mol. The maximum atomic E-state index is 10.1. The number of carbonyl (C=O) groups is 1. The Morgan fingerprint density at radius 3 is 3.17 bits per heavy atom. The Morgan fingerprint density at radius 2 is 2.58 bits per heavy atom. The minimum Gasteiger partial charge on any atom is -0.411 e. The van der Waals surface area contributed by atoms with Crippen molar-refractivity contribution in [2.45, 2.75) is 0 Å². The fraction of sp³-hybridized carbons (Fsp3) is 0.167. The summed E-state index contributed by atoms with van der Waals surface area (Å²) < 4.78 is 1.46. The second-order valence-corrected chi connectivity index (χ2v) is 2.08. The topological polar surface area (TPSA) is 79.5 Å². The van der Waals surface area contributed by atoms with Gasteiger partial charge in [0, 0.05) is 7.05 Å². The molecule has 0 aliphatic heterocycles. The highest BCUT2D eigenvalue weighted by atomic mass is 16.4. The summed E-state index contributed by atoms with van der Waals surface area (Å²) in [6, 6.07) is 0. The average molecular weight is 168 g/mol. The standard InChI is InChI=1S/C6H8N4O2/c1-10-6(7-4-11)5(2-8-10)3-9-12/h2-4,12H,1H3,(H,7,11)/b9-3+. The van der Waals surface area contributed by atoms with Gasteiger partial charge in [-0.05, 0) is 0 Å². The van der Waals surface area contributed by atoms with Crippen LogP contribution in [0.4, 0.5) is 5.82 Å². The van der Waals surface area contributed by atoms with Crippen molar-refractivity contribution in [1.82, 2.24) is 9.78 Å². The lowest BCUT2D eigenvalue weighted by atomic mass is 10.3. The van der Waals surface area contributed by atoms with E-state index in [0.29, 0.717) is 17.8 Å². The number of oxime groups is 1. The maximum absolute atomic E-state index is 10.1. The molecule has 1 aromatic heterocycles. The van der Waals surface area contributed by atoms with Crippen LogP contribution in [0.1, 0.15) is 5.56 Å². The lowest BCUT2D eigenvalue weighted by molar-refractivity contribution is -0.105. The number of hydrogen-bond acceptors (Lipinski definition) is 4. The van der Waals surface area contributed by atoms with Gasteiger partial charge in [0.25, 0.3) is 0 Å². The van der Waals surface area contributed by atoms with E-state index < -0.39 is 0 Å². The number of anilines is 1. The molecule has 0 aliphatic carbocycles. The third kappa shape index (κ3) is 1.42. The van der Waals surface area contributed by atoms with E-state index in [2.05, 4.69) is 15.6 Å². The number of rotatable bonds is 3. The number of nitrogens with one attached hydrogen (secondary N) is 1. The molecule has 1 rings (SSSR count). The maximum Gasteiger partial charge on any atom is 0.212 e. The van der Waals surface area contributed by atoms with E-state index in [1.807, 2.05) is 0 Å².